The van der Waals surface area contributed by atoms with Crippen molar-refractivity contribution in [3.05, 3.63) is 35.4 Å². The highest BCUT2D eigenvalue weighted by atomic mass is 16.4. The number of hydrogen-bond donors (Lipinski definition) is 1. The average Bonchev–Trinajstić information content (AvgIpc) is 2.78. The normalized spacial score (nSPS) is 26.5. The first-order valence-corrected chi connectivity index (χ1v) is 8.78. The Labute approximate surface area is 149 Å². The van der Waals surface area contributed by atoms with Gasteiger partial charge in [-0.1, -0.05) is 12.1 Å². The lowest BCUT2D eigenvalue weighted by Crippen LogP contribution is -2.61. The van der Waals surface area contributed by atoms with Crippen molar-refractivity contribution in [1.29, 1.82) is 0 Å². The summed E-state index contributed by atoms with van der Waals surface area (Å²) in [5, 5.41) is 12.5. The zero-order valence-electron chi connectivity index (χ0n) is 14.1. The van der Waals surface area contributed by atoms with Crippen LogP contribution in [-0.4, -0.2) is 68.9 Å². The third-order valence-corrected chi connectivity index (χ3v) is 5.32. The SMILES string of the molecule is O=C(O)[C@H]1CCCN2CCC[C@H](N3C(=O)c4ccccc4C3=O)C(=O)N12. The van der Waals surface area contributed by atoms with Crippen LogP contribution in [0.1, 0.15) is 46.4 Å². The van der Waals surface area contributed by atoms with Crippen LogP contribution in [0.4, 0.5) is 0 Å². The molecule has 0 unspecified atom stereocenters. The Morgan fingerprint density at radius 3 is 2.12 bits per heavy atom. The number of carboxylic acids is 1. The molecule has 0 aliphatic carbocycles. The van der Waals surface area contributed by atoms with E-state index in [-0.39, 0.29) is 0 Å². The van der Waals surface area contributed by atoms with Gasteiger partial charge in [0, 0.05) is 13.1 Å². The number of fused-ring (bicyclic) bond motifs is 2. The molecule has 2 atom stereocenters. The van der Waals surface area contributed by atoms with Crippen LogP contribution in [0.2, 0.25) is 0 Å². The van der Waals surface area contributed by atoms with E-state index in [0.29, 0.717) is 49.9 Å². The summed E-state index contributed by atoms with van der Waals surface area (Å²) in [5.41, 5.74) is 0.583. The molecule has 4 rings (SSSR count). The Morgan fingerprint density at radius 2 is 1.54 bits per heavy atom. The van der Waals surface area contributed by atoms with Gasteiger partial charge in [0.2, 0.25) is 0 Å². The van der Waals surface area contributed by atoms with Crippen LogP contribution >= 0.6 is 0 Å². The van der Waals surface area contributed by atoms with Gasteiger partial charge < -0.3 is 5.11 Å². The van der Waals surface area contributed by atoms with Crippen LogP contribution in [0.5, 0.6) is 0 Å². The number of nitrogens with zero attached hydrogens (tertiary/aromatic N) is 3. The molecule has 0 aromatic heterocycles. The van der Waals surface area contributed by atoms with Gasteiger partial charge in [-0.2, -0.15) is 0 Å². The van der Waals surface area contributed by atoms with Crippen molar-refractivity contribution in [3.63, 3.8) is 0 Å². The van der Waals surface area contributed by atoms with Crippen LogP contribution in [0.3, 0.4) is 0 Å². The van der Waals surface area contributed by atoms with Crippen molar-refractivity contribution in [1.82, 2.24) is 14.9 Å². The van der Waals surface area contributed by atoms with Crippen molar-refractivity contribution >= 4 is 23.7 Å². The number of benzene rings is 1. The maximum Gasteiger partial charge on any atom is 0.328 e. The minimum Gasteiger partial charge on any atom is -0.480 e. The summed E-state index contributed by atoms with van der Waals surface area (Å²) in [6.45, 7) is 1.14. The number of aliphatic carboxylic acids is 1. The lowest BCUT2D eigenvalue weighted by atomic mass is 10.1. The van der Waals surface area contributed by atoms with E-state index in [2.05, 4.69) is 0 Å². The van der Waals surface area contributed by atoms with Gasteiger partial charge in [-0.05, 0) is 37.8 Å². The molecule has 26 heavy (non-hydrogen) atoms. The highest BCUT2D eigenvalue weighted by molar-refractivity contribution is 6.22. The Morgan fingerprint density at radius 1 is 0.962 bits per heavy atom. The summed E-state index contributed by atoms with van der Waals surface area (Å²) in [7, 11) is 0. The van der Waals surface area contributed by atoms with Gasteiger partial charge in [0.25, 0.3) is 17.7 Å². The fourth-order valence-electron chi connectivity index (χ4n) is 4.11. The van der Waals surface area contributed by atoms with E-state index < -0.39 is 35.8 Å². The molecular weight excluding hydrogens is 338 g/mol. The van der Waals surface area contributed by atoms with E-state index in [0.717, 1.165) is 4.90 Å². The first-order valence-electron chi connectivity index (χ1n) is 8.78. The zero-order valence-corrected chi connectivity index (χ0v) is 14.1. The van der Waals surface area contributed by atoms with Gasteiger partial charge in [-0.15, -0.1) is 0 Å². The molecule has 3 aliphatic heterocycles. The van der Waals surface area contributed by atoms with E-state index in [4.69, 9.17) is 0 Å². The van der Waals surface area contributed by atoms with Gasteiger partial charge in [-0.25, -0.2) is 9.80 Å². The number of hydrogen-bond acceptors (Lipinski definition) is 5. The molecule has 3 heterocycles. The second-order valence-corrected chi connectivity index (χ2v) is 6.82. The largest absolute Gasteiger partial charge is 0.480 e. The maximum atomic E-state index is 13.2. The van der Waals surface area contributed by atoms with E-state index in [1.165, 1.54) is 5.01 Å². The summed E-state index contributed by atoms with van der Waals surface area (Å²) < 4.78 is 0. The Bertz CT molecular complexity index is 773. The van der Waals surface area contributed by atoms with Crippen molar-refractivity contribution in [2.45, 2.75) is 37.8 Å². The van der Waals surface area contributed by atoms with Crippen molar-refractivity contribution in [3.8, 4) is 0 Å². The van der Waals surface area contributed by atoms with Gasteiger partial charge in [0.15, 0.2) is 0 Å². The van der Waals surface area contributed by atoms with Gasteiger partial charge >= 0.3 is 5.97 Å². The van der Waals surface area contributed by atoms with Crippen LogP contribution < -0.4 is 0 Å². The predicted octanol–water partition coefficient (Wildman–Crippen LogP) is 0.738. The molecule has 0 bridgehead atoms. The highest BCUT2D eigenvalue weighted by Gasteiger charge is 2.48. The van der Waals surface area contributed by atoms with E-state index in [9.17, 15) is 24.3 Å². The Kier molecular flexibility index (Phi) is 3.99. The first kappa shape index (κ1) is 16.7. The molecule has 0 spiro atoms. The molecule has 8 nitrogen and oxygen atoms in total. The lowest BCUT2D eigenvalue weighted by molar-refractivity contribution is -0.175. The molecule has 1 aromatic rings. The average molecular weight is 357 g/mol. The number of hydrazine groups is 1. The molecule has 8 heteroatoms. The number of rotatable bonds is 2. The molecule has 136 valence electrons. The number of imide groups is 1. The second-order valence-electron chi connectivity index (χ2n) is 6.82. The molecule has 1 N–H and O–H groups in total. The molecule has 0 saturated carbocycles. The molecular formula is C18H19N3O5. The van der Waals surface area contributed by atoms with Gasteiger partial charge in [-0.3, -0.25) is 24.3 Å². The van der Waals surface area contributed by atoms with Crippen LogP contribution in [0, 0.1) is 0 Å². The molecule has 2 fully saturated rings. The summed E-state index contributed by atoms with van der Waals surface area (Å²) in [6.07, 6.45) is 2.00. The molecule has 2 saturated heterocycles. The lowest BCUT2D eigenvalue weighted by Gasteiger charge is -2.42. The third-order valence-electron chi connectivity index (χ3n) is 5.32. The molecule has 3 aliphatic rings. The molecule has 0 radical (unpaired) electrons. The van der Waals surface area contributed by atoms with Crippen LogP contribution in [0.15, 0.2) is 24.3 Å². The second kappa shape index (κ2) is 6.21. The van der Waals surface area contributed by atoms with Gasteiger partial charge in [0.05, 0.1) is 11.1 Å². The summed E-state index contributed by atoms with van der Waals surface area (Å²) in [6, 6.07) is 4.58. The van der Waals surface area contributed by atoms with E-state index in [1.807, 2.05) is 0 Å². The minimum atomic E-state index is -1.06. The minimum absolute atomic E-state index is 0.292. The van der Waals surface area contributed by atoms with Gasteiger partial charge in [0.1, 0.15) is 12.1 Å². The van der Waals surface area contributed by atoms with Crippen molar-refractivity contribution < 1.29 is 24.3 Å². The Balaban J connectivity index is 1.69. The monoisotopic (exact) mass is 357 g/mol. The maximum absolute atomic E-state index is 13.2. The van der Waals surface area contributed by atoms with Crippen LogP contribution in [0.25, 0.3) is 0 Å². The summed E-state index contributed by atoms with van der Waals surface area (Å²) in [4.78, 5) is 51.3. The van der Waals surface area contributed by atoms with Crippen molar-refractivity contribution in [2.75, 3.05) is 13.1 Å². The number of amides is 3. The Hall–Kier alpha value is -2.74. The summed E-state index contributed by atoms with van der Waals surface area (Å²) in [5.74, 6) is -2.52. The standard InChI is InChI=1S/C18H19N3O5/c22-15-11-5-1-2-6-12(11)16(23)20(15)13-7-3-9-19-10-4-8-14(18(25)26)21(19)17(13)24/h1-2,5-6,13-14H,3-4,7-10H2,(H,25,26)/t13-,14+/m0/s1. The topological polar surface area (TPSA) is 98.2 Å². The molecule has 3 amide bonds. The number of carbonyl (C=O) groups is 4. The smallest absolute Gasteiger partial charge is 0.328 e. The van der Waals surface area contributed by atoms with E-state index >= 15 is 0 Å². The number of carboxylic acid groups (broad SMARTS) is 1. The molecule has 1 aromatic carbocycles. The summed E-state index contributed by atoms with van der Waals surface area (Å²) >= 11 is 0. The fourth-order valence-corrected chi connectivity index (χ4v) is 4.11. The highest BCUT2D eigenvalue weighted by Crippen LogP contribution is 2.31. The number of carbonyl (C=O) groups excluding carboxylic acids is 3. The fraction of sp³-hybridized carbons (Fsp3) is 0.444. The first-order chi connectivity index (χ1) is 12.5. The van der Waals surface area contributed by atoms with Crippen molar-refractivity contribution in [2.24, 2.45) is 0 Å². The van der Waals surface area contributed by atoms with E-state index in [1.54, 1.807) is 29.3 Å². The zero-order chi connectivity index (χ0) is 18.4. The predicted molar refractivity (Wildman–Crippen MR) is 89.0 cm³/mol. The quantitative estimate of drug-likeness (QED) is 0.784. The van der Waals surface area contributed by atoms with Crippen LogP contribution in [-0.2, 0) is 9.59 Å². The third kappa shape index (κ3) is 2.40.